The van der Waals surface area contributed by atoms with Gasteiger partial charge in [-0.1, -0.05) is 35.9 Å². The highest BCUT2D eigenvalue weighted by atomic mass is 35.5. The number of pyridine rings is 1. The minimum Gasteiger partial charge on any atom is -0.349 e. The van der Waals surface area contributed by atoms with E-state index in [1.165, 1.54) is 9.58 Å². The quantitative estimate of drug-likeness (QED) is 0.391. The largest absolute Gasteiger partial charge is 0.349 e. The number of anilines is 1. The lowest BCUT2D eigenvalue weighted by molar-refractivity contribution is -0.128. The van der Waals surface area contributed by atoms with Gasteiger partial charge in [0.15, 0.2) is 0 Å². The average Bonchev–Trinajstić information content (AvgIpc) is 3.26. The SMILES string of the molecule is CCC(C)(C)NC(=O)[C@@H](c1ccncc1)N(C(=O)Cn1nnc2ccccc21)c1ccc(Cl)cc1. The van der Waals surface area contributed by atoms with Crippen LogP contribution in [-0.2, 0) is 16.1 Å². The molecule has 0 aliphatic rings. The van der Waals surface area contributed by atoms with Crippen LogP contribution in [0.25, 0.3) is 11.0 Å². The molecule has 0 fully saturated rings. The molecule has 2 aromatic heterocycles. The van der Waals surface area contributed by atoms with Crippen LogP contribution in [-0.4, -0.2) is 37.3 Å². The molecule has 2 amide bonds. The number of hydrogen-bond donors (Lipinski definition) is 1. The second-order valence-corrected chi connectivity index (χ2v) is 9.32. The Morgan fingerprint density at radius 2 is 1.74 bits per heavy atom. The molecule has 1 N–H and O–H groups in total. The number of nitrogens with zero attached hydrogens (tertiary/aromatic N) is 5. The van der Waals surface area contributed by atoms with E-state index in [2.05, 4.69) is 20.6 Å². The smallest absolute Gasteiger partial charge is 0.249 e. The maximum Gasteiger partial charge on any atom is 0.249 e. The molecule has 4 rings (SSSR count). The van der Waals surface area contributed by atoms with Gasteiger partial charge >= 0.3 is 0 Å². The summed E-state index contributed by atoms with van der Waals surface area (Å²) >= 11 is 6.13. The molecule has 0 aliphatic carbocycles. The van der Waals surface area contributed by atoms with Gasteiger partial charge in [-0.15, -0.1) is 5.10 Å². The molecule has 180 valence electrons. The Labute approximate surface area is 208 Å². The number of carbonyl (C=O) groups excluding carboxylic acids is 2. The fourth-order valence-electron chi connectivity index (χ4n) is 3.73. The van der Waals surface area contributed by atoms with Gasteiger partial charge in [-0.05, 0) is 74.4 Å². The van der Waals surface area contributed by atoms with E-state index in [1.54, 1.807) is 48.8 Å². The Balaban J connectivity index is 1.79. The molecular weight excluding hydrogens is 464 g/mol. The molecule has 1 atom stereocenters. The number of aromatic nitrogens is 4. The first kappa shape index (κ1) is 24.3. The van der Waals surface area contributed by atoms with Crippen LogP contribution < -0.4 is 10.2 Å². The van der Waals surface area contributed by atoms with Crippen molar-refractivity contribution in [1.82, 2.24) is 25.3 Å². The third kappa shape index (κ3) is 5.49. The highest BCUT2D eigenvalue weighted by molar-refractivity contribution is 6.30. The number of halogens is 1. The Morgan fingerprint density at radius 3 is 2.43 bits per heavy atom. The van der Waals surface area contributed by atoms with Crippen molar-refractivity contribution in [3.05, 3.63) is 83.6 Å². The predicted molar refractivity (Wildman–Crippen MR) is 136 cm³/mol. The van der Waals surface area contributed by atoms with Crippen LogP contribution >= 0.6 is 11.6 Å². The molecule has 0 spiro atoms. The molecule has 4 aromatic rings. The van der Waals surface area contributed by atoms with Gasteiger partial charge in [0.05, 0.1) is 5.52 Å². The maximum atomic E-state index is 13.9. The van der Waals surface area contributed by atoms with E-state index in [-0.39, 0.29) is 18.4 Å². The van der Waals surface area contributed by atoms with Gasteiger partial charge in [-0.25, -0.2) is 4.68 Å². The van der Waals surface area contributed by atoms with Crippen molar-refractivity contribution >= 4 is 40.1 Å². The van der Waals surface area contributed by atoms with Crippen molar-refractivity contribution in [2.24, 2.45) is 0 Å². The molecule has 0 saturated heterocycles. The van der Waals surface area contributed by atoms with E-state index in [9.17, 15) is 9.59 Å². The van der Waals surface area contributed by atoms with E-state index in [0.29, 0.717) is 21.8 Å². The first-order chi connectivity index (χ1) is 16.8. The van der Waals surface area contributed by atoms with Crippen LogP contribution in [0.2, 0.25) is 5.02 Å². The van der Waals surface area contributed by atoms with Gasteiger partial charge in [0, 0.05) is 28.6 Å². The van der Waals surface area contributed by atoms with Crippen LogP contribution in [0.15, 0.2) is 73.1 Å². The van der Waals surface area contributed by atoms with Crippen LogP contribution in [0.1, 0.15) is 38.8 Å². The summed E-state index contributed by atoms with van der Waals surface area (Å²) in [7, 11) is 0. The summed E-state index contributed by atoms with van der Waals surface area (Å²) in [4.78, 5) is 33.2. The minimum atomic E-state index is -0.938. The first-order valence-corrected chi connectivity index (χ1v) is 11.7. The lowest BCUT2D eigenvalue weighted by Gasteiger charge is -2.34. The molecule has 0 saturated carbocycles. The van der Waals surface area contributed by atoms with E-state index < -0.39 is 11.6 Å². The summed E-state index contributed by atoms with van der Waals surface area (Å²) in [5.74, 6) is -0.621. The lowest BCUT2D eigenvalue weighted by Crippen LogP contribution is -2.51. The van der Waals surface area contributed by atoms with E-state index in [1.807, 2.05) is 45.0 Å². The second-order valence-electron chi connectivity index (χ2n) is 8.89. The Morgan fingerprint density at radius 1 is 1.06 bits per heavy atom. The van der Waals surface area contributed by atoms with E-state index in [4.69, 9.17) is 11.6 Å². The molecular formula is C26H27ClN6O2. The summed E-state index contributed by atoms with van der Waals surface area (Å²) in [6, 6.07) is 16.8. The normalized spacial score (nSPS) is 12.3. The molecule has 0 unspecified atom stereocenters. The third-order valence-corrected chi connectivity index (χ3v) is 6.20. The van der Waals surface area contributed by atoms with Gasteiger partial charge in [-0.3, -0.25) is 19.5 Å². The Hall–Kier alpha value is -3.78. The second kappa shape index (κ2) is 10.2. The van der Waals surface area contributed by atoms with E-state index in [0.717, 1.165) is 11.9 Å². The monoisotopic (exact) mass is 490 g/mol. The molecule has 0 bridgehead atoms. The standard InChI is InChI=1S/C26H27ClN6O2/c1-4-26(2,3)29-25(35)24(18-13-15-28-16-14-18)33(20-11-9-19(27)10-12-20)23(34)17-32-22-8-6-5-7-21(22)30-31-32/h5-16,24H,4,17H2,1-3H3,(H,29,35)/t24-/m1/s1. The topological polar surface area (TPSA) is 93.0 Å². The van der Waals surface area contributed by atoms with Crippen molar-refractivity contribution in [3.8, 4) is 0 Å². The summed E-state index contributed by atoms with van der Waals surface area (Å²) < 4.78 is 1.54. The Bertz CT molecular complexity index is 1320. The minimum absolute atomic E-state index is 0.102. The van der Waals surface area contributed by atoms with Gasteiger partial charge in [-0.2, -0.15) is 0 Å². The highest BCUT2D eigenvalue weighted by Crippen LogP contribution is 2.30. The average molecular weight is 491 g/mol. The summed E-state index contributed by atoms with van der Waals surface area (Å²) in [5.41, 5.74) is 2.13. The zero-order chi connectivity index (χ0) is 25.0. The molecule has 2 heterocycles. The van der Waals surface area contributed by atoms with Crippen molar-refractivity contribution in [3.63, 3.8) is 0 Å². The van der Waals surface area contributed by atoms with Crippen LogP contribution in [0.4, 0.5) is 5.69 Å². The fraction of sp³-hybridized carbons (Fsp3) is 0.269. The summed E-state index contributed by atoms with van der Waals surface area (Å²) in [6.45, 7) is 5.80. The maximum absolute atomic E-state index is 13.9. The Kier molecular flexibility index (Phi) is 7.12. The number of para-hydroxylation sites is 1. The van der Waals surface area contributed by atoms with Gasteiger partial charge in [0.1, 0.15) is 18.1 Å². The molecule has 8 nitrogen and oxygen atoms in total. The number of benzene rings is 2. The van der Waals surface area contributed by atoms with Crippen LogP contribution in [0.5, 0.6) is 0 Å². The van der Waals surface area contributed by atoms with Gasteiger partial charge in [0.2, 0.25) is 11.8 Å². The van der Waals surface area contributed by atoms with Crippen molar-refractivity contribution < 1.29 is 9.59 Å². The fourth-order valence-corrected chi connectivity index (χ4v) is 3.86. The molecule has 9 heteroatoms. The number of nitrogens with one attached hydrogen (secondary N) is 1. The molecule has 35 heavy (non-hydrogen) atoms. The molecule has 0 aliphatic heterocycles. The summed E-state index contributed by atoms with van der Waals surface area (Å²) in [5, 5.41) is 11.9. The number of hydrogen-bond acceptors (Lipinski definition) is 5. The van der Waals surface area contributed by atoms with Gasteiger partial charge in [0.25, 0.3) is 0 Å². The van der Waals surface area contributed by atoms with Crippen molar-refractivity contribution in [1.29, 1.82) is 0 Å². The van der Waals surface area contributed by atoms with Crippen molar-refractivity contribution in [2.45, 2.75) is 45.3 Å². The number of amides is 2. The number of rotatable bonds is 8. The number of fused-ring (bicyclic) bond motifs is 1. The molecule has 2 aromatic carbocycles. The van der Waals surface area contributed by atoms with Crippen LogP contribution in [0.3, 0.4) is 0 Å². The molecule has 0 radical (unpaired) electrons. The van der Waals surface area contributed by atoms with Crippen molar-refractivity contribution in [2.75, 3.05) is 4.90 Å². The van der Waals surface area contributed by atoms with Gasteiger partial charge < -0.3 is 5.32 Å². The first-order valence-electron chi connectivity index (χ1n) is 11.4. The summed E-state index contributed by atoms with van der Waals surface area (Å²) in [6.07, 6.45) is 3.94. The zero-order valence-electron chi connectivity index (χ0n) is 19.9. The number of carbonyl (C=O) groups is 2. The highest BCUT2D eigenvalue weighted by Gasteiger charge is 2.35. The van der Waals surface area contributed by atoms with Crippen LogP contribution in [0, 0.1) is 0 Å². The predicted octanol–water partition coefficient (Wildman–Crippen LogP) is 4.56. The zero-order valence-corrected chi connectivity index (χ0v) is 20.6. The third-order valence-electron chi connectivity index (χ3n) is 5.95. The van der Waals surface area contributed by atoms with E-state index >= 15 is 0 Å². The lowest BCUT2D eigenvalue weighted by atomic mass is 9.98.